The van der Waals surface area contributed by atoms with Crippen LogP contribution in [0.5, 0.6) is 0 Å². The number of rotatable bonds is 3. The Morgan fingerprint density at radius 3 is 2.27 bits per heavy atom. The summed E-state index contributed by atoms with van der Waals surface area (Å²) < 4.78 is 18.3. The van der Waals surface area contributed by atoms with Crippen molar-refractivity contribution in [2.75, 3.05) is 7.05 Å². The number of esters is 1. The van der Waals surface area contributed by atoms with E-state index in [9.17, 15) is 19.1 Å². The van der Waals surface area contributed by atoms with E-state index >= 15 is 0 Å². The second kappa shape index (κ2) is 5.35. The van der Waals surface area contributed by atoms with Crippen molar-refractivity contribution in [1.29, 1.82) is 0 Å². The predicted octanol–water partition coefficient (Wildman–Crippen LogP) is 2.06. The molecule has 1 aromatic rings. The Hall–Kier alpha value is -1.95. The van der Waals surface area contributed by atoms with E-state index in [1.165, 1.54) is 12.1 Å². The molecule has 2 heterocycles. The van der Waals surface area contributed by atoms with Gasteiger partial charge in [0.2, 0.25) is 5.60 Å². The standard InChI is InChI=1S/C16H18FNO4/c1-18-12-6-7-13(18)9-16(8-12,15(20)21)22-14(19)10-2-4-11(17)5-3-10/h2-5,12-13H,6-9H2,1H3,(H,20,21)/t12-,13+,16?. The molecule has 0 aromatic heterocycles. The Morgan fingerprint density at radius 2 is 1.77 bits per heavy atom. The van der Waals surface area contributed by atoms with Crippen molar-refractivity contribution in [1.82, 2.24) is 4.90 Å². The van der Waals surface area contributed by atoms with Gasteiger partial charge in [0.25, 0.3) is 0 Å². The molecule has 0 amide bonds. The molecule has 2 fully saturated rings. The van der Waals surface area contributed by atoms with Gasteiger partial charge in [0.1, 0.15) is 5.82 Å². The number of ether oxygens (including phenoxy) is 1. The highest BCUT2D eigenvalue weighted by Gasteiger charge is 2.54. The third-order valence-electron chi connectivity index (χ3n) is 4.87. The molecule has 0 saturated carbocycles. The van der Waals surface area contributed by atoms with Crippen LogP contribution in [-0.4, -0.2) is 46.7 Å². The van der Waals surface area contributed by atoms with Crippen molar-refractivity contribution in [2.45, 2.75) is 43.4 Å². The van der Waals surface area contributed by atoms with Gasteiger partial charge in [0.05, 0.1) is 5.56 Å². The van der Waals surface area contributed by atoms with E-state index in [1.807, 2.05) is 7.05 Å². The fraction of sp³-hybridized carbons (Fsp3) is 0.500. The van der Waals surface area contributed by atoms with Crippen molar-refractivity contribution in [3.05, 3.63) is 35.6 Å². The Morgan fingerprint density at radius 1 is 1.23 bits per heavy atom. The van der Waals surface area contributed by atoms with Gasteiger partial charge in [-0.25, -0.2) is 14.0 Å². The van der Waals surface area contributed by atoms with Crippen LogP contribution in [0.25, 0.3) is 0 Å². The minimum absolute atomic E-state index is 0.121. The number of hydrogen-bond acceptors (Lipinski definition) is 4. The van der Waals surface area contributed by atoms with E-state index in [4.69, 9.17) is 4.74 Å². The zero-order chi connectivity index (χ0) is 15.9. The fourth-order valence-electron chi connectivity index (χ4n) is 3.55. The van der Waals surface area contributed by atoms with Crippen LogP contribution in [0.2, 0.25) is 0 Å². The third kappa shape index (κ3) is 2.47. The maximum atomic E-state index is 12.9. The van der Waals surface area contributed by atoms with E-state index in [-0.39, 0.29) is 17.6 Å². The molecule has 2 aliphatic heterocycles. The Kier molecular flexibility index (Phi) is 3.64. The largest absolute Gasteiger partial charge is 0.478 e. The molecule has 22 heavy (non-hydrogen) atoms. The highest BCUT2D eigenvalue weighted by Crippen LogP contribution is 2.42. The molecule has 3 atom stereocenters. The lowest BCUT2D eigenvalue weighted by molar-refractivity contribution is -0.167. The number of aliphatic carboxylic acids is 1. The lowest BCUT2D eigenvalue weighted by Gasteiger charge is -2.41. The smallest absolute Gasteiger partial charge is 0.348 e. The summed E-state index contributed by atoms with van der Waals surface area (Å²) in [6.45, 7) is 0. The maximum absolute atomic E-state index is 12.9. The molecule has 2 saturated heterocycles. The summed E-state index contributed by atoms with van der Waals surface area (Å²) >= 11 is 0. The summed E-state index contributed by atoms with van der Waals surface area (Å²) in [6.07, 6.45) is 2.43. The normalized spacial score (nSPS) is 31.0. The van der Waals surface area contributed by atoms with Gasteiger partial charge in [-0.3, -0.25) is 0 Å². The SMILES string of the molecule is CN1[C@@H]2CC[C@H]1CC(OC(=O)c1ccc(F)cc1)(C(=O)O)C2. The molecule has 1 N–H and O–H groups in total. The molecule has 118 valence electrons. The van der Waals surface area contributed by atoms with Crippen LogP contribution in [0, 0.1) is 5.82 Å². The van der Waals surface area contributed by atoms with Crippen LogP contribution in [0.15, 0.2) is 24.3 Å². The number of piperidine rings is 1. The Bertz CT molecular complexity index is 587. The van der Waals surface area contributed by atoms with E-state index in [0.29, 0.717) is 12.8 Å². The van der Waals surface area contributed by atoms with Crippen LogP contribution in [-0.2, 0) is 9.53 Å². The van der Waals surface area contributed by atoms with Gasteiger partial charge in [-0.15, -0.1) is 0 Å². The first-order valence-corrected chi connectivity index (χ1v) is 7.35. The summed E-state index contributed by atoms with van der Waals surface area (Å²) in [4.78, 5) is 26.2. The van der Waals surface area contributed by atoms with E-state index in [2.05, 4.69) is 4.90 Å². The summed E-state index contributed by atoms with van der Waals surface area (Å²) in [5.41, 5.74) is -1.32. The topological polar surface area (TPSA) is 66.8 Å². The first kappa shape index (κ1) is 15.0. The maximum Gasteiger partial charge on any atom is 0.348 e. The highest BCUT2D eigenvalue weighted by atomic mass is 19.1. The second-order valence-electron chi connectivity index (χ2n) is 6.15. The van der Waals surface area contributed by atoms with Gasteiger partial charge in [-0.2, -0.15) is 0 Å². The van der Waals surface area contributed by atoms with Gasteiger partial charge in [-0.1, -0.05) is 0 Å². The van der Waals surface area contributed by atoms with Crippen molar-refractivity contribution in [3.63, 3.8) is 0 Å². The van der Waals surface area contributed by atoms with Crippen molar-refractivity contribution in [3.8, 4) is 0 Å². The number of fused-ring (bicyclic) bond motifs is 2. The van der Waals surface area contributed by atoms with E-state index < -0.39 is 23.4 Å². The minimum Gasteiger partial charge on any atom is -0.478 e. The zero-order valence-electron chi connectivity index (χ0n) is 12.3. The fourth-order valence-corrected chi connectivity index (χ4v) is 3.55. The summed E-state index contributed by atoms with van der Waals surface area (Å²) in [5.74, 6) is -2.28. The molecule has 0 radical (unpaired) electrons. The molecular formula is C16H18FNO4. The van der Waals surface area contributed by atoms with Crippen LogP contribution < -0.4 is 0 Å². The van der Waals surface area contributed by atoms with Crippen molar-refractivity contribution < 1.29 is 23.8 Å². The van der Waals surface area contributed by atoms with Crippen molar-refractivity contribution >= 4 is 11.9 Å². The molecule has 6 heteroatoms. The zero-order valence-corrected chi connectivity index (χ0v) is 12.3. The number of carboxylic acids is 1. The highest BCUT2D eigenvalue weighted by molar-refractivity contribution is 5.92. The summed E-state index contributed by atoms with van der Waals surface area (Å²) in [6, 6.07) is 5.16. The average Bonchev–Trinajstić information content (AvgIpc) is 2.71. The molecule has 1 aromatic carbocycles. The number of carboxylic acid groups (broad SMARTS) is 1. The third-order valence-corrected chi connectivity index (χ3v) is 4.87. The van der Waals surface area contributed by atoms with Gasteiger partial charge in [0.15, 0.2) is 0 Å². The molecule has 2 bridgehead atoms. The van der Waals surface area contributed by atoms with Gasteiger partial charge >= 0.3 is 11.9 Å². The quantitative estimate of drug-likeness (QED) is 0.866. The van der Waals surface area contributed by atoms with Crippen LogP contribution in [0.1, 0.15) is 36.0 Å². The minimum atomic E-state index is -1.48. The van der Waals surface area contributed by atoms with Gasteiger partial charge in [0, 0.05) is 24.9 Å². The first-order chi connectivity index (χ1) is 10.4. The summed E-state index contributed by atoms with van der Waals surface area (Å²) in [5, 5.41) is 9.62. The van der Waals surface area contributed by atoms with Crippen LogP contribution in [0.3, 0.4) is 0 Å². The monoisotopic (exact) mass is 307 g/mol. The van der Waals surface area contributed by atoms with E-state index in [0.717, 1.165) is 25.0 Å². The first-order valence-electron chi connectivity index (χ1n) is 7.35. The van der Waals surface area contributed by atoms with Gasteiger partial charge in [-0.05, 0) is 44.2 Å². The number of nitrogens with zero attached hydrogens (tertiary/aromatic N) is 1. The number of carbonyl (C=O) groups is 2. The molecule has 0 aliphatic carbocycles. The molecular weight excluding hydrogens is 289 g/mol. The molecule has 5 nitrogen and oxygen atoms in total. The molecule has 2 aliphatic rings. The molecule has 1 unspecified atom stereocenters. The lowest BCUT2D eigenvalue weighted by Crippen LogP contribution is -2.55. The van der Waals surface area contributed by atoms with Gasteiger partial charge < -0.3 is 14.7 Å². The lowest BCUT2D eigenvalue weighted by atomic mass is 9.86. The molecule has 0 spiro atoms. The summed E-state index contributed by atoms with van der Waals surface area (Å²) in [7, 11) is 1.98. The van der Waals surface area contributed by atoms with Crippen LogP contribution in [0.4, 0.5) is 4.39 Å². The molecule has 3 rings (SSSR count). The second-order valence-corrected chi connectivity index (χ2v) is 6.15. The Balaban J connectivity index is 1.82. The number of halogens is 1. The Labute approximate surface area is 127 Å². The number of hydrogen-bond donors (Lipinski definition) is 1. The number of carbonyl (C=O) groups excluding carboxylic acids is 1. The number of benzene rings is 1. The average molecular weight is 307 g/mol. The van der Waals surface area contributed by atoms with Crippen molar-refractivity contribution in [2.24, 2.45) is 0 Å². The predicted molar refractivity (Wildman–Crippen MR) is 76.0 cm³/mol. The van der Waals surface area contributed by atoms with E-state index in [1.54, 1.807) is 0 Å². The van der Waals surface area contributed by atoms with Crippen LogP contribution >= 0.6 is 0 Å².